The Bertz CT molecular complexity index is 998. The zero-order valence-corrected chi connectivity index (χ0v) is 16.1. The van der Waals surface area contributed by atoms with Gasteiger partial charge in [0.05, 0.1) is 21.2 Å². The molecule has 11 heteroatoms. The first kappa shape index (κ1) is 21.1. The van der Waals surface area contributed by atoms with Gasteiger partial charge in [0.25, 0.3) is 5.91 Å². The van der Waals surface area contributed by atoms with Crippen molar-refractivity contribution in [2.24, 2.45) is 0 Å². The second-order valence-electron chi connectivity index (χ2n) is 5.10. The molecule has 0 heterocycles. The summed E-state index contributed by atoms with van der Waals surface area (Å²) in [7, 11) is -2.71. The highest BCUT2D eigenvalue weighted by atomic mass is 35.5. The number of esters is 1. The third-order valence-corrected chi connectivity index (χ3v) is 5.25. The van der Waals surface area contributed by atoms with Gasteiger partial charge in [0.2, 0.25) is 10.0 Å². The molecular formula is C16H13Cl2FN2O5S. The third-order valence-electron chi connectivity index (χ3n) is 3.27. The maximum absolute atomic E-state index is 13.8. The van der Waals surface area contributed by atoms with Gasteiger partial charge in [0.15, 0.2) is 6.61 Å². The largest absolute Gasteiger partial charge is 0.452 e. The van der Waals surface area contributed by atoms with Crippen molar-refractivity contribution >= 4 is 50.8 Å². The van der Waals surface area contributed by atoms with Gasteiger partial charge in [0.1, 0.15) is 5.82 Å². The number of carbonyl (C=O) groups excluding carboxylic acids is 2. The summed E-state index contributed by atoms with van der Waals surface area (Å²) in [5.74, 6) is -2.94. The number of sulfonamides is 1. The predicted octanol–water partition coefficient (Wildman–Crippen LogP) is 2.84. The van der Waals surface area contributed by atoms with E-state index in [0.29, 0.717) is 5.02 Å². The lowest BCUT2D eigenvalue weighted by Gasteiger charge is -2.09. The number of carbonyl (C=O) groups is 2. The van der Waals surface area contributed by atoms with E-state index in [2.05, 4.69) is 5.32 Å². The molecule has 0 aliphatic heterocycles. The van der Waals surface area contributed by atoms with Gasteiger partial charge in [-0.1, -0.05) is 23.2 Å². The van der Waals surface area contributed by atoms with Crippen LogP contribution in [0.3, 0.4) is 0 Å². The number of ether oxygens (including phenoxy) is 1. The number of hydrogen-bond acceptors (Lipinski definition) is 5. The zero-order valence-electron chi connectivity index (χ0n) is 13.8. The fraction of sp³-hybridized carbons (Fsp3) is 0.125. The van der Waals surface area contributed by atoms with Crippen molar-refractivity contribution in [1.82, 2.24) is 4.72 Å². The maximum atomic E-state index is 13.8. The molecule has 0 aromatic heterocycles. The number of anilines is 1. The lowest BCUT2D eigenvalue weighted by atomic mass is 10.2. The summed E-state index contributed by atoms with van der Waals surface area (Å²) in [6.45, 7) is -0.746. The van der Waals surface area contributed by atoms with Gasteiger partial charge < -0.3 is 10.1 Å². The van der Waals surface area contributed by atoms with Gasteiger partial charge in [-0.25, -0.2) is 22.3 Å². The van der Waals surface area contributed by atoms with Gasteiger partial charge in [-0.3, -0.25) is 4.79 Å². The van der Waals surface area contributed by atoms with E-state index < -0.39 is 39.9 Å². The van der Waals surface area contributed by atoms with Crippen LogP contribution >= 0.6 is 23.2 Å². The minimum Gasteiger partial charge on any atom is -0.452 e. The summed E-state index contributed by atoms with van der Waals surface area (Å²) < 4.78 is 44.1. The Morgan fingerprint density at radius 3 is 2.52 bits per heavy atom. The normalized spacial score (nSPS) is 11.1. The Morgan fingerprint density at radius 1 is 1.15 bits per heavy atom. The average Bonchev–Trinajstić information content (AvgIpc) is 2.63. The summed E-state index contributed by atoms with van der Waals surface area (Å²) in [6, 6.07) is 7.01. The van der Waals surface area contributed by atoms with E-state index in [9.17, 15) is 22.4 Å². The molecule has 0 saturated carbocycles. The summed E-state index contributed by atoms with van der Waals surface area (Å²) in [4.78, 5) is 23.6. The Morgan fingerprint density at radius 2 is 1.85 bits per heavy atom. The SMILES string of the molecule is CNS(=O)(=O)c1ccc(F)c(C(=O)OCC(=O)Nc2cc(Cl)ccc2Cl)c1. The number of rotatable bonds is 6. The molecule has 27 heavy (non-hydrogen) atoms. The molecule has 0 radical (unpaired) electrons. The number of benzene rings is 2. The highest BCUT2D eigenvalue weighted by Crippen LogP contribution is 2.25. The topological polar surface area (TPSA) is 102 Å². The molecule has 2 rings (SSSR count). The number of nitrogens with one attached hydrogen (secondary N) is 2. The first-order chi connectivity index (χ1) is 12.6. The van der Waals surface area contributed by atoms with Crippen LogP contribution in [0.4, 0.5) is 10.1 Å². The van der Waals surface area contributed by atoms with Crippen molar-refractivity contribution in [3.63, 3.8) is 0 Å². The van der Waals surface area contributed by atoms with E-state index in [0.717, 1.165) is 18.2 Å². The van der Waals surface area contributed by atoms with E-state index >= 15 is 0 Å². The summed E-state index contributed by atoms with van der Waals surface area (Å²) in [5.41, 5.74) is -0.418. The van der Waals surface area contributed by atoms with Crippen molar-refractivity contribution in [3.05, 3.63) is 57.8 Å². The molecule has 0 aliphatic rings. The van der Waals surface area contributed by atoms with Crippen LogP contribution in [-0.4, -0.2) is 33.9 Å². The second-order valence-corrected chi connectivity index (χ2v) is 7.83. The van der Waals surface area contributed by atoms with Crippen molar-refractivity contribution in [2.45, 2.75) is 4.90 Å². The molecular weight excluding hydrogens is 422 g/mol. The smallest absolute Gasteiger partial charge is 0.341 e. The predicted molar refractivity (Wildman–Crippen MR) is 98.0 cm³/mol. The van der Waals surface area contributed by atoms with E-state index in [1.54, 1.807) is 0 Å². The highest BCUT2D eigenvalue weighted by Gasteiger charge is 2.20. The minimum absolute atomic E-state index is 0.207. The average molecular weight is 435 g/mol. The monoisotopic (exact) mass is 434 g/mol. The Hall–Kier alpha value is -2.20. The Labute approximate surface area is 164 Å². The van der Waals surface area contributed by atoms with Gasteiger partial charge in [0, 0.05) is 5.02 Å². The minimum atomic E-state index is -3.88. The van der Waals surface area contributed by atoms with Crippen LogP contribution in [0.1, 0.15) is 10.4 Å². The summed E-state index contributed by atoms with van der Waals surface area (Å²) >= 11 is 11.7. The van der Waals surface area contributed by atoms with Crippen molar-refractivity contribution in [1.29, 1.82) is 0 Å². The molecule has 1 amide bonds. The number of halogens is 3. The second kappa shape index (κ2) is 8.66. The van der Waals surface area contributed by atoms with Gasteiger partial charge >= 0.3 is 5.97 Å². The maximum Gasteiger partial charge on any atom is 0.341 e. The third kappa shape index (κ3) is 5.39. The lowest BCUT2D eigenvalue weighted by molar-refractivity contribution is -0.119. The van der Waals surface area contributed by atoms with Crippen LogP contribution in [-0.2, 0) is 19.6 Å². The molecule has 0 spiro atoms. The van der Waals surface area contributed by atoms with Crippen LogP contribution in [0.15, 0.2) is 41.3 Å². The standard InChI is InChI=1S/C16H13Cl2FN2O5S/c1-20-27(24,25)10-3-5-13(19)11(7-10)16(23)26-8-15(22)21-14-6-9(17)2-4-12(14)18/h2-7,20H,8H2,1H3,(H,21,22). The number of hydrogen-bond donors (Lipinski definition) is 2. The molecule has 0 bridgehead atoms. The van der Waals surface area contributed by atoms with Gasteiger partial charge in [-0.2, -0.15) is 0 Å². The van der Waals surface area contributed by atoms with Crippen molar-refractivity contribution in [2.75, 3.05) is 19.0 Å². The van der Waals surface area contributed by atoms with Crippen LogP contribution in [0.2, 0.25) is 10.0 Å². The van der Waals surface area contributed by atoms with Crippen molar-refractivity contribution in [3.8, 4) is 0 Å². The van der Waals surface area contributed by atoms with E-state index in [4.69, 9.17) is 27.9 Å². The molecule has 2 aromatic carbocycles. The molecule has 0 unspecified atom stereocenters. The van der Waals surface area contributed by atoms with Crippen LogP contribution < -0.4 is 10.0 Å². The molecule has 0 aliphatic carbocycles. The Balaban J connectivity index is 2.08. The Kier molecular flexibility index (Phi) is 6.77. The summed E-state index contributed by atoms with van der Waals surface area (Å²) in [5, 5.41) is 2.93. The highest BCUT2D eigenvalue weighted by molar-refractivity contribution is 7.89. The quantitative estimate of drug-likeness (QED) is 0.680. The first-order valence-electron chi connectivity index (χ1n) is 7.29. The fourth-order valence-corrected chi connectivity index (χ4v) is 3.03. The van der Waals surface area contributed by atoms with Gasteiger partial charge in [-0.05, 0) is 43.4 Å². The van der Waals surface area contributed by atoms with Gasteiger partial charge in [-0.15, -0.1) is 0 Å². The molecule has 0 fully saturated rings. The van der Waals surface area contributed by atoms with Crippen LogP contribution in [0.25, 0.3) is 0 Å². The molecule has 7 nitrogen and oxygen atoms in total. The zero-order chi connectivity index (χ0) is 20.2. The van der Waals surface area contributed by atoms with E-state index in [1.807, 2.05) is 4.72 Å². The summed E-state index contributed by atoms with van der Waals surface area (Å²) in [6.07, 6.45) is 0. The van der Waals surface area contributed by atoms with E-state index in [-0.39, 0.29) is 15.6 Å². The fourth-order valence-electron chi connectivity index (χ4n) is 1.93. The first-order valence-corrected chi connectivity index (χ1v) is 9.53. The van der Waals surface area contributed by atoms with E-state index in [1.165, 1.54) is 25.2 Å². The van der Waals surface area contributed by atoms with Crippen molar-refractivity contribution < 1.29 is 27.1 Å². The molecule has 2 N–H and O–H groups in total. The molecule has 0 saturated heterocycles. The molecule has 0 atom stereocenters. The van der Waals surface area contributed by atoms with Crippen LogP contribution in [0.5, 0.6) is 0 Å². The van der Waals surface area contributed by atoms with Crippen LogP contribution in [0, 0.1) is 5.82 Å². The lowest BCUT2D eigenvalue weighted by Crippen LogP contribution is -2.22. The number of amides is 1. The molecule has 144 valence electrons. The molecule has 2 aromatic rings.